The number of pyridine rings is 1. The number of carbonyl (C=O) groups is 1. The summed E-state index contributed by atoms with van der Waals surface area (Å²) in [5.41, 5.74) is 1.69. The Morgan fingerprint density at radius 3 is 2.92 bits per heavy atom. The Balaban J connectivity index is 1.87. The van der Waals surface area contributed by atoms with Crippen molar-refractivity contribution in [3.63, 3.8) is 0 Å². The van der Waals surface area contributed by atoms with Crippen molar-refractivity contribution in [1.29, 1.82) is 0 Å². The zero-order valence-electron chi connectivity index (χ0n) is 13.7. The van der Waals surface area contributed by atoms with E-state index in [1.54, 1.807) is 31.6 Å². The van der Waals surface area contributed by atoms with Crippen LogP contribution in [-0.2, 0) is 6.54 Å². The molecule has 24 heavy (non-hydrogen) atoms. The van der Waals surface area contributed by atoms with E-state index in [1.165, 1.54) is 12.1 Å². The molecular formula is C18H19FN4O. The van der Waals surface area contributed by atoms with E-state index in [4.69, 9.17) is 0 Å². The van der Waals surface area contributed by atoms with Crippen molar-refractivity contribution in [2.75, 3.05) is 0 Å². The first-order valence-corrected chi connectivity index (χ1v) is 7.90. The molecule has 5 nitrogen and oxygen atoms in total. The van der Waals surface area contributed by atoms with Crippen molar-refractivity contribution >= 4 is 16.8 Å². The van der Waals surface area contributed by atoms with E-state index in [0.717, 1.165) is 6.42 Å². The number of nitrogens with zero attached hydrogens (tertiary/aromatic N) is 3. The van der Waals surface area contributed by atoms with Gasteiger partial charge in [0, 0.05) is 42.1 Å². The molecule has 2 aromatic heterocycles. The average molecular weight is 326 g/mol. The first-order valence-electron chi connectivity index (χ1n) is 7.90. The van der Waals surface area contributed by atoms with Crippen LogP contribution in [0.5, 0.6) is 0 Å². The van der Waals surface area contributed by atoms with E-state index in [0.29, 0.717) is 28.7 Å². The van der Waals surface area contributed by atoms with Gasteiger partial charge in [-0.15, -0.1) is 0 Å². The highest BCUT2D eigenvalue weighted by Gasteiger charge is 2.16. The van der Waals surface area contributed by atoms with Gasteiger partial charge in [0.2, 0.25) is 0 Å². The fourth-order valence-corrected chi connectivity index (χ4v) is 2.71. The Bertz CT molecular complexity index is 856. The van der Waals surface area contributed by atoms with Gasteiger partial charge >= 0.3 is 0 Å². The second-order valence-corrected chi connectivity index (χ2v) is 5.81. The van der Waals surface area contributed by atoms with Crippen LogP contribution >= 0.6 is 0 Å². The minimum Gasteiger partial charge on any atom is -0.347 e. The first-order chi connectivity index (χ1) is 11.6. The molecule has 0 radical (unpaired) electrons. The van der Waals surface area contributed by atoms with E-state index in [1.807, 2.05) is 17.7 Å². The van der Waals surface area contributed by atoms with Crippen LogP contribution < -0.4 is 5.32 Å². The van der Waals surface area contributed by atoms with Crippen molar-refractivity contribution in [3.8, 4) is 0 Å². The van der Waals surface area contributed by atoms with Crippen LogP contribution in [0.15, 0.2) is 43.0 Å². The number of halogens is 1. The highest BCUT2D eigenvalue weighted by atomic mass is 19.1. The van der Waals surface area contributed by atoms with E-state index in [9.17, 15) is 9.18 Å². The van der Waals surface area contributed by atoms with Gasteiger partial charge in [0.1, 0.15) is 5.82 Å². The summed E-state index contributed by atoms with van der Waals surface area (Å²) in [7, 11) is 0. The van der Waals surface area contributed by atoms with Crippen molar-refractivity contribution in [2.24, 2.45) is 0 Å². The number of imidazole rings is 1. The molecule has 6 heteroatoms. The van der Waals surface area contributed by atoms with Crippen LogP contribution in [0.2, 0.25) is 0 Å². The van der Waals surface area contributed by atoms with Gasteiger partial charge in [0.05, 0.1) is 17.4 Å². The van der Waals surface area contributed by atoms with Crippen LogP contribution in [0.3, 0.4) is 0 Å². The summed E-state index contributed by atoms with van der Waals surface area (Å²) in [5, 5.41) is 3.70. The maximum atomic E-state index is 13.4. The molecule has 1 aromatic carbocycles. The number of benzene rings is 1. The lowest BCUT2D eigenvalue weighted by molar-refractivity contribution is 0.0933. The standard InChI is InChI=1S/C18H19FN4O/c1-3-14(10-23-7-6-20-11-23)22-18(24)16-8-12(2)21-17-9-13(19)4-5-15(16)17/h4-9,11,14H,3,10H2,1-2H3,(H,22,24)/t14-/m0/s1. The van der Waals surface area contributed by atoms with Crippen LogP contribution in [0.1, 0.15) is 29.4 Å². The number of rotatable bonds is 5. The Morgan fingerprint density at radius 2 is 2.21 bits per heavy atom. The minimum atomic E-state index is -0.362. The monoisotopic (exact) mass is 326 g/mol. The molecule has 0 unspecified atom stereocenters. The van der Waals surface area contributed by atoms with E-state index < -0.39 is 0 Å². The number of hydrogen-bond acceptors (Lipinski definition) is 3. The van der Waals surface area contributed by atoms with Crippen molar-refractivity contribution < 1.29 is 9.18 Å². The van der Waals surface area contributed by atoms with Gasteiger partial charge in [-0.1, -0.05) is 6.92 Å². The Morgan fingerprint density at radius 1 is 1.38 bits per heavy atom. The van der Waals surface area contributed by atoms with Crippen LogP contribution in [0.25, 0.3) is 10.9 Å². The lowest BCUT2D eigenvalue weighted by atomic mass is 10.1. The molecule has 2 heterocycles. The molecular weight excluding hydrogens is 307 g/mol. The molecule has 0 spiro atoms. The molecule has 0 aliphatic carbocycles. The number of aryl methyl sites for hydroxylation is 1. The molecule has 0 aliphatic rings. The van der Waals surface area contributed by atoms with Crippen LogP contribution in [0.4, 0.5) is 4.39 Å². The SMILES string of the molecule is CC[C@@H](Cn1ccnc1)NC(=O)c1cc(C)nc2cc(F)ccc12. The summed E-state index contributed by atoms with van der Waals surface area (Å²) in [6.07, 6.45) is 6.09. The second-order valence-electron chi connectivity index (χ2n) is 5.81. The number of hydrogen-bond donors (Lipinski definition) is 1. The third-order valence-corrected chi connectivity index (χ3v) is 3.96. The Labute approximate surface area is 139 Å². The molecule has 1 atom stereocenters. The zero-order chi connectivity index (χ0) is 17.1. The molecule has 1 N–H and O–H groups in total. The zero-order valence-corrected chi connectivity index (χ0v) is 13.7. The summed E-state index contributed by atoms with van der Waals surface area (Å²) in [4.78, 5) is 21.1. The third-order valence-electron chi connectivity index (χ3n) is 3.96. The number of aromatic nitrogens is 3. The third kappa shape index (κ3) is 3.42. The predicted molar refractivity (Wildman–Crippen MR) is 90.2 cm³/mol. The van der Waals surface area contributed by atoms with Crippen molar-refractivity contribution in [2.45, 2.75) is 32.9 Å². The van der Waals surface area contributed by atoms with Gasteiger partial charge < -0.3 is 9.88 Å². The molecule has 0 saturated heterocycles. The average Bonchev–Trinajstić information content (AvgIpc) is 3.05. The number of fused-ring (bicyclic) bond motifs is 1. The minimum absolute atomic E-state index is 0.0179. The molecule has 0 bridgehead atoms. The largest absolute Gasteiger partial charge is 0.347 e. The molecule has 0 fully saturated rings. The molecule has 0 aliphatic heterocycles. The molecule has 3 aromatic rings. The Hall–Kier alpha value is -2.76. The second kappa shape index (κ2) is 6.78. The summed E-state index contributed by atoms with van der Waals surface area (Å²) >= 11 is 0. The van der Waals surface area contributed by atoms with Gasteiger partial charge in [-0.2, -0.15) is 0 Å². The van der Waals surface area contributed by atoms with E-state index in [2.05, 4.69) is 15.3 Å². The first kappa shape index (κ1) is 16.1. The summed E-state index contributed by atoms with van der Waals surface area (Å²) in [5.74, 6) is -0.539. The molecule has 0 saturated carbocycles. The smallest absolute Gasteiger partial charge is 0.252 e. The maximum absolute atomic E-state index is 13.4. The van der Waals surface area contributed by atoms with Gasteiger partial charge in [-0.25, -0.2) is 9.37 Å². The highest BCUT2D eigenvalue weighted by molar-refractivity contribution is 6.06. The summed E-state index contributed by atoms with van der Waals surface area (Å²) < 4.78 is 15.4. The molecule has 124 valence electrons. The van der Waals surface area contributed by atoms with Gasteiger partial charge in [0.15, 0.2) is 0 Å². The summed E-state index contributed by atoms with van der Waals surface area (Å²) in [6, 6.07) is 6.01. The van der Waals surface area contributed by atoms with Gasteiger partial charge in [-0.05, 0) is 31.5 Å². The van der Waals surface area contributed by atoms with E-state index in [-0.39, 0.29) is 17.8 Å². The van der Waals surface area contributed by atoms with Gasteiger partial charge in [-0.3, -0.25) is 9.78 Å². The topological polar surface area (TPSA) is 59.8 Å². The quantitative estimate of drug-likeness (QED) is 0.784. The van der Waals surface area contributed by atoms with Crippen LogP contribution in [0, 0.1) is 12.7 Å². The molecule has 1 amide bonds. The van der Waals surface area contributed by atoms with E-state index >= 15 is 0 Å². The van der Waals surface area contributed by atoms with Crippen molar-refractivity contribution in [1.82, 2.24) is 19.9 Å². The van der Waals surface area contributed by atoms with Crippen LogP contribution in [-0.4, -0.2) is 26.5 Å². The lowest BCUT2D eigenvalue weighted by Crippen LogP contribution is -2.37. The summed E-state index contributed by atoms with van der Waals surface area (Å²) in [6.45, 7) is 4.47. The number of carbonyl (C=O) groups excluding carboxylic acids is 1. The fourth-order valence-electron chi connectivity index (χ4n) is 2.71. The van der Waals surface area contributed by atoms with Gasteiger partial charge in [0.25, 0.3) is 5.91 Å². The molecule has 3 rings (SSSR count). The highest BCUT2D eigenvalue weighted by Crippen LogP contribution is 2.20. The lowest BCUT2D eigenvalue weighted by Gasteiger charge is -2.18. The normalized spacial score (nSPS) is 12.3. The maximum Gasteiger partial charge on any atom is 0.252 e. The number of amides is 1. The predicted octanol–water partition coefficient (Wildman–Crippen LogP) is 3.09. The number of nitrogens with one attached hydrogen (secondary N) is 1. The Kier molecular flexibility index (Phi) is 4.55. The fraction of sp³-hybridized carbons (Fsp3) is 0.278. The van der Waals surface area contributed by atoms with Crippen molar-refractivity contribution in [3.05, 3.63) is 60.1 Å².